The zero-order valence-electron chi connectivity index (χ0n) is 11.9. The zero-order valence-corrected chi connectivity index (χ0v) is 15.5. The Labute approximate surface area is 152 Å². The summed E-state index contributed by atoms with van der Waals surface area (Å²) in [5.74, 6) is -1.80. The van der Waals surface area contributed by atoms with Crippen LogP contribution in [0.25, 0.3) is 0 Å². The fourth-order valence-corrected chi connectivity index (χ4v) is 2.12. The van der Waals surface area contributed by atoms with Crippen LogP contribution in [-0.4, -0.2) is 35.5 Å². The van der Waals surface area contributed by atoms with Gasteiger partial charge in [-0.1, -0.05) is 12.1 Å². The molecule has 1 radical (unpaired) electrons. The van der Waals surface area contributed by atoms with Crippen molar-refractivity contribution in [2.24, 2.45) is 0 Å². The van der Waals surface area contributed by atoms with Crippen LogP contribution in [0.4, 0.5) is 14.5 Å². The molecule has 0 saturated carbocycles. The van der Waals surface area contributed by atoms with E-state index in [0.29, 0.717) is 5.56 Å². The molecule has 2 aromatic rings. The molecule has 0 aliphatic rings. The second kappa shape index (κ2) is 7.49. The number of carbonyl (C=O) groups excluding carboxylic acids is 1. The van der Waals surface area contributed by atoms with E-state index in [2.05, 4.69) is 21.2 Å². The Hall–Kier alpha value is -0.750. The van der Waals surface area contributed by atoms with Gasteiger partial charge in [0.1, 0.15) is 11.6 Å². The van der Waals surface area contributed by atoms with Crippen molar-refractivity contribution >= 4 is 57.1 Å². The van der Waals surface area contributed by atoms with Crippen LogP contribution in [0.15, 0.2) is 34.8 Å². The van der Waals surface area contributed by atoms with Gasteiger partial charge in [-0.2, -0.15) is 0 Å². The van der Waals surface area contributed by atoms with Gasteiger partial charge < -0.3 is 5.32 Å². The maximum atomic E-state index is 13.7. The molecule has 0 fully saturated rings. The largest absolute Gasteiger partial charge is 0.319 e. The van der Waals surface area contributed by atoms with E-state index in [4.69, 9.17) is 0 Å². The maximum Gasteiger partial charge on any atom is 0.256 e. The molecule has 2 rings (SSSR count). The van der Waals surface area contributed by atoms with Crippen LogP contribution in [-0.2, 0) is 0 Å². The molecule has 2 aromatic carbocycles. The topological polar surface area (TPSA) is 29.1 Å². The van der Waals surface area contributed by atoms with Crippen LogP contribution in [0.5, 0.6) is 0 Å². The molecule has 2 nitrogen and oxygen atoms in total. The summed E-state index contributed by atoms with van der Waals surface area (Å²) in [6.07, 6.45) is 0. The quantitative estimate of drug-likeness (QED) is 0.629. The SMILES string of the molecule is Cc1cccc(C(=O)Nc2cc(F)c(Br)cc2F)c1C.[Na]. The summed E-state index contributed by atoms with van der Waals surface area (Å²) in [6.45, 7) is 3.69. The minimum atomic E-state index is -0.697. The summed E-state index contributed by atoms with van der Waals surface area (Å²) in [7, 11) is 0. The number of nitrogens with one attached hydrogen (secondary N) is 1. The monoisotopic (exact) mass is 362 g/mol. The number of carbonyl (C=O) groups is 1. The van der Waals surface area contributed by atoms with E-state index in [1.165, 1.54) is 0 Å². The predicted octanol–water partition coefficient (Wildman–Crippen LogP) is 4.22. The van der Waals surface area contributed by atoms with E-state index in [1.807, 2.05) is 19.9 Å². The summed E-state index contributed by atoms with van der Waals surface area (Å²) in [5, 5.41) is 2.39. The third kappa shape index (κ3) is 4.13. The molecule has 6 heteroatoms. The number of halogens is 3. The average molecular weight is 363 g/mol. The summed E-state index contributed by atoms with van der Waals surface area (Å²) in [4.78, 5) is 12.1. The number of hydrogen-bond donors (Lipinski definition) is 1. The molecule has 105 valence electrons. The van der Waals surface area contributed by atoms with Crippen molar-refractivity contribution in [3.05, 3.63) is 63.1 Å². The first-order valence-electron chi connectivity index (χ1n) is 5.92. The van der Waals surface area contributed by atoms with Crippen LogP contribution in [0.1, 0.15) is 21.5 Å². The summed E-state index contributed by atoms with van der Waals surface area (Å²) < 4.78 is 27.1. The standard InChI is InChI=1S/C15H12BrF2NO.Na/c1-8-4-3-5-10(9(8)2)15(20)19-14-7-12(17)11(16)6-13(14)18;/h3-7H,1-2H3,(H,19,20);. The first kappa shape index (κ1) is 18.3. The van der Waals surface area contributed by atoms with Gasteiger partial charge in [0.2, 0.25) is 0 Å². The van der Waals surface area contributed by atoms with Gasteiger partial charge in [0.05, 0.1) is 10.2 Å². The smallest absolute Gasteiger partial charge is 0.256 e. The van der Waals surface area contributed by atoms with E-state index in [0.717, 1.165) is 23.3 Å². The van der Waals surface area contributed by atoms with Gasteiger partial charge in [-0.3, -0.25) is 4.79 Å². The van der Waals surface area contributed by atoms with Crippen molar-refractivity contribution in [2.45, 2.75) is 13.8 Å². The first-order valence-corrected chi connectivity index (χ1v) is 6.71. The minimum absolute atomic E-state index is 0. The third-order valence-electron chi connectivity index (χ3n) is 3.11. The summed E-state index contributed by atoms with van der Waals surface area (Å²) in [6, 6.07) is 7.20. The molecule has 1 amide bonds. The van der Waals surface area contributed by atoms with Gasteiger partial charge in [0.25, 0.3) is 5.91 Å². The van der Waals surface area contributed by atoms with E-state index >= 15 is 0 Å². The van der Waals surface area contributed by atoms with Crippen LogP contribution < -0.4 is 5.32 Å². The first-order chi connectivity index (χ1) is 9.40. The normalized spacial score (nSPS) is 9.95. The van der Waals surface area contributed by atoms with Crippen molar-refractivity contribution in [2.75, 3.05) is 5.32 Å². The Kier molecular flexibility index (Phi) is 6.53. The summed E-state index contributed by atoms with van der Waals surface area (Å²) >= 11 is 2.88. The molecule has 1 N–H and O–H groups in total. The van der Waals surface area contributed by atoms with E-state index in [1.54, 1.807) is 12.1 Å². The van der Waals surface area contributed by atoms with Crippen LogP contribution in [0, 0.1) is 25.5 Å². The van der Waals surface area contributed by atoms with Gasteiger partial charge in [0.15, 0.2) is 0 Å². The fourth-order valence-electron chi connectivity index (χ4n) is 1.81. The van der Waals surface area contributed by atoms with Gasteiger partial charge in [-0.05, 0) is 53.0 Å². The van der Waals surface area contributed by atoms with Crippen LogP contribution in [0.3, 0.4) is 0 Å². The molecule has 21 heavy (non-hydrogen) atoms. The van der Waals surface area contributed by atoms with Crippen LogP contribution >= 0.6 is 15.9 Å². The number of aryl methyl sites for hydroxylation is 1. The second-order valence-electron chi connectivity index (χ2n) is 4.45. The number of hydrogen-bond acceptors (Lipinski definition) is 1. The third-order valence-corrected chi connectivity index (χ3v) is 3.72. The molecule has 0 saturated heterocycles. The Morgan fingerprint density at radius 2 is 1.81 bits per heavy atom. The van der Waals surface area contributed by atoms with Crippen LogP contribution in [0.2, 0.25) is 0 Å². The predicted molar refractivity (Wildman–Crippen MR) is 83.7 cm³/mol. The molecule has 0 spiro atoms. The fraction of sp³-hybridized carbons (Fsp3) is 0.133. The van der Waals surface area contributed by atoms with Gasteiger partial charge >= 0.3 is 0 Å². The van der Waals surface area contributed by atoms with Crippen molar-refractivity contribution in [3.63, 3.8) is 0 Å². The van der Waals surface area contributed by atoms with E-state index < -0.39 is 17.5 Å². The molecular formula is C15H12BrF2NNaO. The van der Waals surface area contributed by atoms with Gasteiger partial charge in [0, 0.05) is 41.2 Å². The average Bonchev–Trinajstić information content (AvgIpc) is 2.39. The second-order valence-corrected chi connectivity index (χ2v) is 5.30. The molecule has 0 aliphatic heterocycles. The van der Waals surface area contributed by atoms with Crippen molar-refractivity contribution in [3.8, 4) is 0 Å². The Morgan fingerprint density at radius 1 is 1.14 bits per heavy atom. The Balaban J connectivity index is 0.00000220. The molecule has 0 atom stereocenters. The maximum absolute atomic E-state index is 13.7. The van der Waals surface area contributed by atoms with Gasteiger partial charge in [-0.25, -0.2) is 8.78 Å². The zero-order chi connectivity index (χ0) is 14.9. The molecule has 0 unspecified atom stereocenters. The van der Waals surface area contributed by atoms with E-state index in [-0.39, 0.29) is 39.7 Å². The van der Waals surface area contributed by atoms with Crippen molar-refractivity contribution in [1.29, 1.82) is 0 Å². The Morgan fingerprint density at radius 3 is 2.48 bits per heavy atom. The Bertz CT molecular complexity index is 692. The molecule has 0 aromatic heterocycles. The molecule has 0 heterocycles. The number of rotatable bonds is 2. The number of benzene rings is 2. The molecule has 0 bridgehead atoms. The molecule has 0 aliphatic carbocycles. The summed E-state index contributed by atoms with van der Waals surface area (Å²) in [5.41, 5.74) is 2.02. The van der Waals surface area contributed by atoms with Gasteiger partial charge in [-0.15, -0.1) is 0 Å². The van der Waals surface area contributed by atoms with Crippen molar-refractivity contribution in [1.82, 2.24) is 0 Å². The number of anilines is 1. The van der Waals surface area contributed by atoms with E-state index in [9.17, 15) is 13.6 Å². The number of amides is 1. The minimum Gasteiger partial charge on any atom is -0.319 e. The molecular weight excluding hydrogens is 351 g/mol. The van der Waals surface area contributed by atoms with Crippen molar-refractivity contribution < 1.29 is 13.6 Å².